The zero-order chi connectivity index (χ0) is 24.0. The van der Waals surface area contributed by atoms with E-state index in [1.165, 1.54) is 23.4 Å². The zero-order valence-electron chi connectivity index (χ0n) is 19.0. The van der Waals surface area contributed by atoms with Gasteiger partial charge in [-0.2, -0.15) is 0 Å². The Kier molecular flexibility index (Phi) is 6.03. The topological polar surface area (TPSA) is 99.9 Å². The minimum absolute atomic E-state index is 0.0708. The highest BCUT2D eigenvalue weighted by molar-refractivity contribution is 6.47. The smallest absolute Gasteiger partial charge is 0.273 e. The zero-order valence-corrected chi connectivity index (χ0v) is 19.0. The van der Waals surface area contributed by atoms with Crippen LogP contribution in [0.3, 0.4) is 0 Å². The van der Waals surface area contributed by atoms with Crippen molar-refractivity contribution in [3.8, 4) is 0 Å². The molecule has 2 N–H and O–H groups in total. The number of aryl methyl sites for hydroxylation is 1. The lowest BCUT2D eigenvalue weighted by Gasteiger charge is -2.26. The highest BCUT2D eigenvalue weighted by Gasteiger charge is 2.41. The van der Waals surface area contributed by atoms with Gasteiger partial charge in [0.2, 0.25) is 0 Å². The molecule has 0 spiro atoms. The summed E-state index contributed by atoms with van der Waals surface area (Å²) in [6.45, 7) is 1.93. The Morgan fingerprint density at radius 2 is 2.09 bits per heavy atom. The van der Waals surface area contributed by atoms with Crippen LogP contribution in [-0.2, 0) is 16.1 Å². The van der Waals surface area contributed by atoms with Crippen LogP contribution >= 0.6 is 0 Å². The van der Waals surface area contributed by atoms with Crippen LogP contribution < -0.4 is 5.32 Å². The highest BCUT2D eigenvalue weighted by Crippen LogP contribution is 2.37. The van der Waals surface area contributed by atoms with Crippen molar-refractivity contribution in [3.63, 3.8) is 0 Å². The van der Waals surface area contributed by atoms with Crippen molar-refractivity contribution >= 4 is 17.4 Å². The molecule has 180 valence electrons. The van der Waals surface area contributed by atoms with Crippen molar-refractivity contribution in [1.29, 1.82) is 0 Å². The van der Waals surface area contributed by atoms with Gasteiger partial charge < -0.3 is 20.1 Å². The van der Waals surface area contributed by atoms with E-state index in [1.807, 2.05) is 6.92 Å². The van der Waals surface area contributed by atoms with E-state index in [-0.39, 0.29) is 37.4 Å². The van der Waals surface area contributed by atoms with Crippen molar-refractivity contribution in [2.75, 3.05) is 19.0 Å². The molecule has 3 heterocycles. The van der Waals surface area contributed by atoms with Gasteiger partial charge in [0.15, 0.2) is 0 Å². The van der Waals surface area contributed by atoms with Gasteiger partial charge in [-0.15, -0.1) is 0 Å². The van der Waals surface area contributed by atoms with Gasteiger partial charge in [-0.3, -0.25) is 9.79 Å². The van der Waals surface area contributed by atoms with Crippen LogP contribution in [0.4, 0.5) is 14.6 Å². The summed E-state index contributed by atoms with van der Waals surface area (Å²) in [6, 6.07) is 3.46. The Morgan fingerprint density at radius 3 is 2.85 bits per heavy atom. The number of nitrogens with one attached hydrogen (secondary N) is 1. The van der Waals surface area contributed by atoms with Crippen LogP contribution in [-0.4, -0.2) is 69.7 Å². The maximum Gasteiger partial charge on any atom is 0.273 e. The summed E-state index contributed by atoms with van der Waals surface area (Å²) in [7, 11) is 1.61. The summed E-state index contributed by atoms with van der Waals surface area (Å²) in [4.78, 5) is 28.1. The first-order valence-electron chi connectivity index (χ1n) is 11.4. The third-order valence-electron chi connectivity index (χ3n) is 7.00. The number of aliphatic imine (C=N–C) groups is 1. The number of ether oxygens (including phenoxy) is 1. The van der Waals surface area contributed by atoms with Crippen LogP contribution in [0.2, 0.25) is 0 Å². The van der Waals surface area contributed by atoms with E-state index in [9.17, 15) is 18.7 Å². The molecule has 0 radical (unpaired) electrons. The summed E-state index contributed by atoms with van der Waals surface area (Å²) in [5.74, 6) is -0.458. The van der Waals surface area contributed by atoms with Gasteiger partial charge >= 0.3 is 0 Å². The number of carbonyl (C=O) groups excluding carboxylic acids is 1. The van der Waals surface area contributed by atoms with Crippen LogP contribution in [0, 0.1) is 12.7 Å². The molecule has 34 heavy (non-hydrogen) atoms. The van der Waals surface area contributed by atoms with Gasteiger partial charge in [0, 0.05) is 20.0 Å². The number of hydrogen-bond donors (Lipinski definition) is 2. The highest BCUT2D eigenvalue weighted by atomic mass is 19.1. The number of benzene rings is 1. The number of fused-ring (bicyclic) bond motifs is 1. The number of aliphatic hydroxyl groups is 1. The van der Waals surface area contributed by atoms with Crippen molar-refractivity contribution in [2.24, 2.45) is 4.99 Å². The minimum Gasteiger partial charge on any atom is -0.391 e. The summed E-state index contributed by atoms with van der Waals surface area (Å²) < 4.78 is 33.9. The quantitative estimate of drug-likeness (QED) is 0.695. The summed E-state index contributed by atoms with van der Waals surface area (Å²) in [6.07, 6.45) is 0.667. The van der Waals surface area contributed by atoms with E-state index in [2.05, 4.69) is 20.3 Å². The van der Waals surface area contributed by atoms with E-state index >= 15 is 0 Å². The van der Waals surface area contributed by atoms with Gasteiger partial charge in [-0.25, -0.2) is 18.7 Å². The van der Waals surface area contributed by atoms with Gasteiger partial charge in [-0.1, -0.05) is 6.07 Å². The fourth-order valence-corrected chi connectivity index (χ4v) is 5.21. The molecule has 0 unspecified atom stereocenters. The molecule has 2 aliphatic heterocycles. The van der Waals surface area contributed by atoms with Gasteiger partial charge in [0.25, 0.3) is 5.91 Å². The average Bonchev–Trinajstić information content (AvgIpc) is 3.52. The molecule has 8 nitrogen and oxygen atoms in total. The molecule has 1 aromatic carbocycles. The van der Waals surface area contributed by atoms with Crippen molar-refractivity contribution in [3.05, 3.63) is 52.7 Å². The standard InChI is InChI=1S/C24H27F2N5O3/c1-12-3-4-13(25)5-16(12)19-6-14(26)10-31(19)24(33)22-21-18(9-27-22)28-11-29-23(21)30-17-7-15(34-2)8-20(17)32/h3-5,11,14-15,17,19-20,32H,6-10H2,1-2H3,(H,28,29,30)/t14-,15+,17+,19+,20+/m0/s1. The first-order valence-corrected chi connectivity index (χ1v) is 11.4. The predicted octanol–water partition coefficient (Wildman–Crippen LogP) is 2.49. The number of anilines is 1. The Morgan fingerprint density at radius 1 is 1.26 bits per heavy atom. The van der Waals surface area contributed by atoms with E-state index in [4.69, 9.17) is 4.74 Å². The number of likely N-dealkylation sites (tertiary alicyclic amines) is 1. The van der Waals surface area contributed by atoms with E-state index in [0.717, 1.165) is 5.56 Å². The number of halogens is 2. The molecule has 2 aromatic rings. The molecular formula is C24H27F2N5O3. The number of rotatable bonds is 5. The maximum atomic E-state index is 14.5. The second kappa shape index (κ2) is 8.99. The number of aliphatic hydroxyl groups excluding tert-OH is 1. The summed E-state index contributed by atoms with van der Waals surface area (Å²) in [5, 5.41) is 13.7. The van der Waals surface area contributed by atoms with Gasteiger partial charge in [-0.05, 0) is 36.6 Å². The number of alkyl halides is 1. The van der Waals surface area contributed by atoms with E-state index in [1.54, 1.807) is 13.2 Å². The van der Waals surface area contributed by atoms with E-state index in [0.29, 0.717) is 35.5 Å². The fourth-order valence-electron chi connectivity index (χ4n) is 5.21. The molecule has 0 bridgehead atoms. The normalized spacial score (nSPS) is 28.2. The van der Waals surface area contributed by atoms with Crippen molar-refractivity contribution in [2.45, 2.75) is 63.2 Å². The predicted molar refractivity (Wildman–Crippen MR) is 121 cm³/mol. The minimum atomic E-state index is -1.22. The number of methoxy groups -OCH3 is 1. The van der Waals surface area contributed by atoms with Gasteiger partial charge in [0.05, 0.1) is 48.6 Å². The largest absolute Gasteiger partial charge is 0.391 e. The number of carbonyl (C=O) groups is 1. The van der Waals surface area contributed by atoms with Gasteiger partial charge in [0.1, 0.15) is 29.8 Å². The average molecular weight is 472 g/mol. The lowest BCUT2D eigenvalue weighted by Crippen LogP contribution is -2.38. The van der Waals surface area contributed by atoms with E-state index < -0.39 is 30.0 Å². The van der Waals surface area contributed by atoms with Crippen LogP contribution in [0.25, 0.3) is 0 Å². The Labute approximate surface area is 196 Å². The number of aromatic nitrogens is 2. The maximum absolute atomic E-state index is 14.5. The third-order valence-corrected chi connectivity index (χ3v) is 7.00. The van der Waals surface area contributed by atoms with Crippen LogP contribution in [0.15, 0.2) is 29.5 Å². The molecule has 1 aliphatic carbocycles. The molecule has 2 fully saturated rings. The Balaban J connectivity index is 1.44. The third kappa shape index (κ3) is 4.05. The lowest BCUT2D eigenvalue weighted by atomic mass is 9.98. The molecule has 1 amide bonds. The van der Waals surface area contributed by atoms with Crippen molar-refractivity contribution < 1.29 is 23.4 Å². The second-order valence-corrected chi connectivity index (χ2v) is 9.16. The Bertz CT molecular complexity index is 1140. The molecule has 1 aromatic heterocycles. The van der Waals surface area contributed by atoms with Crippen molar-refractivity contribution in [1.82, 2.24) is 14.9 Å². The molecule has 1 saturated carbocycles. The first kappa shape index (κ1) is 22.8. The lowest BCUT2D eigenvalue weighted by molar-refractivity contribution is -0.125. The molecule has 10 heteroatoms. The number of nitrogens with zero attached hydrogens (tertiary/aromatic N) is 4. The molecule has 5 atom stereocenters. The van der Waals surface area contributed by atoms with Crippen LogP contribution in [0.1, 0.15) is 47.7 Å². The SMILES string of the molecule is CO[C@H]1C[C@@H](O)[C@H](Nc2ncnc3c2C(C(=O)N2C[C@@H](F)C[C@@H]2c2cc(F)ccc2C)=NC3)C1. The second-order valence-electron chi connectivity index (χ2n) is 9.16. The van der Waals surface area contributed by atoms with Crippen LogP contribution in [0.5, 0.6) is 0 Å². The molecule has 3 aliphatic rings. The molecular weight excluding hydrogens is 444 g/mol. The molecule has 5 rings (SSSR count). The summed E-state index contributed by atoms with van der Waals surface area (Å²) >= 11 is 0. The fraction of sp³-hybridized carbons (Fsp3) is 0.500. The number of hydrogen-bond acceptors (Lipinski definition) is 7. The monoisotopic (exact) mass is 471 g/mol. The summed E-state index contributed by atoms with van der Waals surface area (Å²) in [5.41, 5.74) is 2.60. The number of amides is 1. The first-order chi connectivity index (χ1) is 16.4. The molecule has 1 saturated heterocycles. The Hall–Kier alpha value is -2.98.